The maximum Gasteiger partial charge on any atom is 0.343 e. The van der Waals surface area contributed by atoms with Gasteiger partial charge in [-0.15, -0.1) is 0 Å². The van der Waals surface area contributed by atoms with E-state index in [2.05, 4.69) is 17.2 Å². The van der Waals surface area contributed by atoms with Gasteiger partial charge in [0.2, 0.25) is 0 Å². The summed E-state index contributed by atoms with van der Waals surface area (Å²) in [5, 5.41) is 12.3. The Kier molecular flexibility index (Phi) is 8.98. The van der Waals surface area contributed by atoms with Crippen LogP contribution in [0, 0.1) is 0 Å². The Morgan fingerprint density at radius 1 is 0.964 bits per heavy atom. The molecule has 28 heavy (non-hydrogen) atoms. The topological polar surface area (TPSA) is 88.5 Å². The van der Waals surface area contributed by atoms with Gasteiger partial charge >= 0.3 is 11.9 Å². The Morgan fingerprint density at radius 2 is 1.64 bits per heavy atom. The Hall–Kier alpha value is -2.89. The number of aromatic nitrogens is 1. The van der Waals surface area contributed by atoms with Gasteiger partial charge < -0.3 is 15.2 Å². The minimum atomic E-state index is -1.12. The molecule has 0 unspecified atom stereocenters. The standard InChI is InChI=1S/C22H28N2O4/c1-2-3-4-5-6-7-8-13-24-19-11-9-17(10-12-19)22(27)28-20-14-18(21(25)26)15-23-16-20/h9-12,14-16,24H,2-8,13H2,1H3,(H,25,26). The van der Waals surface area contributed by atoms with Crippen LogP contribution in [-0.2, 0) is 0 Å². The zero-order valence-electron chi connectivity index (χ0n) is 16.3. The number of ether oxygens (including phenoxy) is 1. The molecular formula is C22H28N2O4. The lowest BCUT2D eigenvalue weighted by Crippen LogP contribution is -2.10. The fourth-order valence-electron chi connectivity index (χ4n) is 2.80. The van der Waals surface area contributed by atoms with Crippen molar-refractivity contribution < 1.29 is 19.4 Å². The largest absolute Gasteiger partial charge is 0.478 e. The lowest BCUT2D eigenvalue weighted by atomic mass is 10.1. The maximum absolute atomic E-state index is 12.2. The molecule has 0 saturated carbocycles. The van der Waals surface area contributed by atoms with Gasteiger partial charge in [-0.3, -0.25) is 4.98 Å². The fraction of sp³-hybridized carbons (Fsp3) is 0.409. The Bertz CT molecular complexity index is 759. The van der Waals surface area contributed by atoms with Crippen LogP contribution >= 0.6 is 0 Å². The van der Waals surface area contributed by atoms with Gasteiger partial charge in [0.1, 0.15) is 5.75 Å². The second kappa shape index (κ2) is 11.7. The van der Waals surface area contributed by atoms with E-state index in [4.69, 9.17) is 9.84 Å². The van der Waals surface area contributed by atoms with Gasteiger partial charge in [-0.25, -0.2) is 9.59 Å². The molecule has 0 aliphatic rings. The van der Waals surface area contributed by atoms with E-state index in [0.29, 0.717) is 5.56 Å². The first kappa shape index (κ1) is 21.4. The second-order valence-electron chi connectivity index (χ2n) is 6.73. The molecular weight excluding hydrogens is 356 g/mol. The quantitative estimate of drug-likeness (QED) is 0.388. The molecule has 1 aromatic heterocycles. The summed E-state index contributed by atoms with van der Waals surface area (Å²) in [6, 6.07) is 8.31. The van der Waals surface area contributed by atoms with Crippen molar-refractivity contribution >= 4 is 17.6 Å². The van der Waals surface area contributed by atoms with Crippen LogP contribution in [0.5, 0.6) is 5.75 Å². The summed E-state index contributed by atoms with van der Waals surface area (Å²) in [6.07, 6.45) is 11.4. The van der Waals surface area contributed by atoms with Gasteiger partial charge in [0.25, 0.3) is 0 Å². The number of esters is 1. The molecule has 6 nitrogen and oxygen atoms in total. The molecule has 1 heterocycles. The number of hydrogen-bond donors (Lipinski definition) is 2. The highest BCUT2D eigenvalue weighted by molar-refractivity contribution is 5.92. The van der Waals surface area contributed by atoms with Crippen molar-refractivity contribution in [2.45, 2.75) is 51.9 Å². The predicted octanol–water partition coefficient (Wildman–Crippen LogP) is 5.16. The summed E-state index contributed by atoms with van der Waals surface area (Å²) in [4.78, 5) is 26.9. The van der Waals surface area contributed by atoms with Crippen molar-refractivity contribution in [2.24, 2.45) is 0 Å². The smallest absolute Gasteiger partial charge is 0.343 e. The molecule has 0 bridgehead atoms. The number of benzene rings is 1. The summed E-state index contributed by atoms with van der Waals surface area (Å²) in [6.45, 7) is 3.13. The van der Waals surface area contributed by atoms with Crippen molar-refractivity contribution in [3.63, 3.8) is 0 Å². The van der Waals surface area contributed by atoms with Crippen molar-refractivity contribution in [3.05, 3.63) is 53.9 Å². The molecule has 2 N–H and O–H groups in total. The summed E-state index contributed by atoms with van der Waals surface area (Å²) in [5.74, 6) is -1.57. The third kappa shape index (κ3) is 7.39. The van der Waals surface area contributed by atoms with E-state index in [-0.39, 0.29) is 11.3 Å². The monoisotopic (exact) mass is 384 g/mol. The normalized spacial score (nSPS) is 10.5. The Morgan fingerprint density at radius 3 is 2.32 bits per heavy atom. The summed E-state index contributed by atoms with van der Waals surface area (Å²) < 4.78 is 5.20. The number of unbranched alkanes of at least 4 members (excludes halogenated alkanes) is 6. The fourth-order valence-corrected chi connectivity index (χ4v) is 2.80. The first-order valence-corrected chi connectivity index (χ1v) is 9.84. The minimum Gasteiger partial charge on any atom is -0.478 e. The maximum atomic E-state index is 12.2. The van der Waals surface area contributed by atoms with Crippen LogP contribution in [0.15, 0.2) is 42.7 Å². The number of carboxylic acid groups (broad SMARTS) is 1. The molecule has 6 heteroatoms. The van der Waals surface area contributed by atoms with E-state index in [1.54, 1.807) is 12.1 Å². The van der Waals surface area contributed by atoms with Crippen LogP contribution in [0.3, 0.4) is 0 Å². The molecule has 0 radical (unpaired) electrons. The Labute approximate surface area is 166 Å². The van der Waals surface area contributed by atoms with Crippen LogP contribution < -0.4 is 10.1 Å². The van der Waals surface area contributed by atoms with E-state index < -0.39 is 11.9 Å². The number of aromatic carboxylic acids is 1. The Balaban J connectivity index is 1.75. The van der Waals surface area contributed by atoms with Gasteiger partial charge in [-0.1, -0.05) is 45.4 Å². The number of rotatable bonds is 12. The summed E-state index contributed by atoms with van der Waals surface area (Å²) in [7, 11) is 0. The highest BCUT2D eigenvalue weighted by Gasteiger charge is 2.11. The molecule has 0 saturated heterocycles. The third-order valence-corrected chi connectivity index (χ3v) is 4.40. The molecule has 0 aliphatic heterocycles. The average Bonchev–Trinajstić information content (AvgIpc) is 2.70. The van der Waals surface area contributed by atoms with Crippen LogP contribution in [0.4, 0.5) is 5.69 Å². The molecule has 0 amide bonds. The van der Waals surface area contributed by atoms with Crippen LogP contribution in [0.1, 0.15) is 72.6 Å². The number of carbonyl (C=O) groups is 2. The summed E-state index contributed by atoms with van der Waals surface area (Å²) in [5.41, 5.74) is 1.31. The lowest BCUT2D eigenvalue weighted by molar-refractivity contribution is 0.0686. The zero-order valence-corrected chi connectivity index (χ0v) is 16.3. The molecule has 0 atom stereocenters. The third-order valence-electron chi connectivity index (χ3n) is 4.40. The van der Waals surface area contributed by atoms with E-state index in [1.807, 2.05) is 12.1 Å². The highest BCUT2D eigenvalue weighted by atomic mass is 16.5. The van der Waals surface area contributed by atoms with E-state index >= 15 is 0 Å². The summed E-state index contributed by atoms with van der Waals surface area (Å²) >= 11 is 0. The predicted molar refractivity (Wildman–Crippen MR) is 109 cm³/mol. The average molecular weight is 384 g/mol. The molecule has 0 spiro atoms. The van der Waals surface area contributed by atoms with Crippen molar-refractivity contribution in [3.8, 4) is 5.75 Å². The van der Waals surface area contributed by atoms with Crippen molar-refractivity contribution in [1.29, 1.82) is 0 Å². The molecule has 150 valence electrons. The SMILES string of the molecule is CCCCCCCCCNc1ccc(C(=O)Oc2cncc(C(=O)O)c2)cc1. The van der Waals surface area contributed by atoms with Crippen molar-refractivity contribution in [2.75, 3.05) is 11.9 Å². The van der Waals surface area contributed by atoms with E-state index in [0.717, 1.165) is 18.7 Å². The molecule has 1 aromatic carbocycles. The zero-order chi connectivity index (χ0) is 20.2. The minimum absolute atomic E-state index is 0.0322. The van der Waals surface area contributed by atoms with Gasteiger partial charge in [0.15, 0.2) is 0 Å². The first-order chi connectivity index (χ1) is 13.6. The van der Waals surface area contributed by atoms with Crippen LogP contribution in [-0.4, -0.2) is 28.6 Å². The van der Waals surface area contributed by atoms with E-state index in [1.165, 1.54) is 57.0 Å². The highest BCUT2D eigenvalue weighted by Crippen LogP contribution is 2.16. The molecule has 2 aromatic rings. The van der Waals surface area contributed by atoms with Gasteiger partial charge in [0, 0.05) is 18.4 Å². The molecule has 0 aliphatic carbocycles. The number of pyridine rings is 1. The van der Waals surface area contributed by atoms with Gasteiger partial charge in [-0.2, -0.15) is 0 Å². The van der Waals surface area contributed by atoms with Gasteiger partial charge in [0.05, 0.1) is 17.3 Å². The van der Waals surface area contributed by atoms with Crippen LogP contribution in [0.25, 0.3) is 0 Å². The van der Waals surface area contributed by atoms with E-state index in [9.17, 15) is 9.59 Å². The molecule has 2 rings (SSSR count). The van der Waals surface area contributed by atoms with Crippen molar-refractivity contribution in [1.82, 2.24) is 4.98 Å². The second-order valence-corrected chi connectivity index (χ2v) is 6.73. The number of carbonyl (C=O) groups excluding carboxylic acids is 1. The molecule has 0 fully saturated rings. The number of hydrogen-bond acceptors (Lipinski definition) is 5. The van der Waals surface area contributed by atoms with Crippen LogP contribution in [0.2, 0.25) is 0 Å². The number of carboxylic acids is 1. The number of nitrogens with one attached hydrogen (secondary N) is 1. The first-order valence-electron chi connectivity index (χ1n) is 9.84. The number of nitrogens with zero attached hydrogens (tertiary/aromatic N) is 1. The lowest BCUT2D eigenvalue weighted by Gasteiger charge is -2.08. The number of anilines is 1. The van der Waals surface area contributed by atoms with Gasteiger partial charge in [-0.05, 0) is 36.8 Å².